The number of aryl methyl sites for hydroxylation is 2. The van der Waals surface area contributed by atoms with E-state index in [0.29, 0.717) is 17.2 Å². The van der Waals surface area contributed by atoms with Gasteiger partial charge in [-0.2, -0.15) is 9.61 Å². The fourth-order valence-corrected chi connectivity index (χ4v) is 3.27. The highest BCUT2D eigenvalue weighted by Crippen LogP contribution is 2.24. The summed E-state index contributed by atoms with van der Waals surface area (Å²) < 4.78 is 3.42. The van der Waals surface area contributed by atoms with Crippen LogP contribution in [0.3, 0.4) is 0 Å². The summed E-state index contributed by atoms with van der Waals surface area (Å²) >= 11 is 6.15. The Bertz CT molecular complexity index is 1170. The molecule has 1 N–H and O–H groups in total. The molecule has 0 spiro atoms. The zero-order valence-electron chi connectivity index (χ0n) is 14.8. The molecule has 0 atom stereocenters. The van der Waals surface area contributed by atoms with E-state index in [2.05, 4.69) is 15.1 Å². The van der Waals surface area contributed by atoms with Crippen LogP contribution in [-0.4, -0.2) is 35.2 Å². The molecule has 0 unspecified atom stereocenters. The number of nitrogens with zero attached hydrogens (tertiary/aromatic N) is 6. The highest BCUT2D eigenvalue weighted by atomic mass is 35.5. The lowest BCUT2D eigenvalue weighted by Crippen LogP contribution is -2.31. The van der Waals surface area contributed by atoms with Crippen molar-refractivity contribution in [1.82, 2.24) is 24.0 Å². The van der Waals surface area contributed by atoms with Crippen LogP contribution in [0.25, 0.3) is 11.3 Å². The molecule has 4 aromatic rings. The van der Waals surface area contributed by atoms with Crippen LogP contribution in [0.15, 0.2) is 36.7 Å². The zero-order valence-corrected chi connectivity index (χ0v) is 15.6. The van der Waals surface area contributed by atoms with Gasteiger partial charge in [0.1, 0.15) is 16.6 Å². The maximum atomic E-state index is 12.0. The minimum Gasteiger partial charge on any atom is -0.465 e. The standard InChI is InChI=1S/C18H17ClN6O2/c1-3-12-8-20-25-16(7-14(19)22-17(12)25)24(18(26)27)10-13-9-23-11(2)5-4-6-15(23)21-13/h4-9H,3,10H2,1-2H3,(H,26,27). The van der Waals surface area contributed by atoms with E-state index in [4.69, 9.17) is 11.6 Å². The number of carboxylic acid groups (broad SMARTS) is 1. The average molecular weight is 385 g/mol. The summed E-state index contributed by atoms with van der Waals surface area (Å²) in [4.78, 5) is 22.0. The van der Waals surface area contributed by atoms with Gasteiger partial charge in [0.15, 0.2) is 5.65 Å². The van der Waals surface area contributed by atoms with Crippen molar-refractivity contribution in [2.45, 2.75) is 26.8 Å². The van der Waals surface area contributed by atoms with E-state index in [9.17, 15) is 9.90 Å². The molecule has 4 rings (SSSR count). The van der Waals surface area contributed by atoms with Crippen molar-refractivity contribution in [3.8, 4) is 0 Å². The number of imidazole rings is 1. The van der Waals surface area contributed by atoms with Crippen LogP contribution < -0.4 is 4.90 Å². The molecule has 27 heavy (non-hydrogen) atoms. The number of pyridine rings is 1. The van der Waals surface area contributed by atoms with E-state index >= 15 is 0 Å². The minimum atomic E-state index is -1.12. The second-order valence-electron chi connectivity index (χ2n) is 6.19. The molecule has 0 fully saturated rings. The van der Waals surface area contributed by atoms with Gasteiger partial charge in [-0.1, -0.05) is 24.6 Å². The number of carbonyl (C=O) groups is 1. The van der Waals surface area contributed by atoms with Crippen LogP contribution in [-0.2, 0) is 13.0 Å². The summed E-state index contributed by atoms with van der Waals surface area (Å²) in [5.74, 6) is 0.325. The van der Waals surface area contributed by atoms with Crippen LogP contribution in [0.5, 0.6) is 0 Å². The molecule has 0 saturated heterocycles. The first-order valence-electron chi connectivity index (χ1n) is 8.45. The monoisotopic (exact) mass is 384 g/mol. The molecular formula is C18H17ClN6O2. The molecule has 0 radical (unpaired) electrons. The maximum absolute atomic E-state index is 12.0. The number of hydrogen-bond acceptors (Lipinski definition) is 4. The summed E-state index contributed by atoms with van der Waals surface area (Å²) in [6.07, 6.45) is 3.10. The van der Waals surface area contributed by atoms with E-state index < -0.39 is 6.09 Å². The lowest BCUT2D eigenvalue weighted by atomic mass is 10.3. The van der Waals surface area contributed by atoms with Gasteiger partial charge in [-0.3, -0.25) is 4.90 Å². The van der Waals surface area contributed by atoms with Crippen molar-refractivity contribution < 1.29 is 9.90 Å². The first-order valence-corrected chi connectivity index (χ1v) is 8.83. The molecule has 0 aliphatic rings. The van der Waals surface area contributed by atoms with Gasteiger partial charge in [0.25, 0.3) is 0 Å². The van der Waals surface area contributed by atoms with Crippen molar-refractivity contribution in [2.24, 2.45) is 0 Å². The Labute approximate surface area is 159 Å². The SMILES string of the molecule is CCc1cnn2c(N(Cc3cn4c(C)cccc4n3)C(=O)O)cc(Cl)nc12. The third kappa shape index (κ3) is 2.97. The second kappa shape index (κ2) is 6.55. The topological polar surface area (TPSA) is 88.0 Å². The molecule has 4 aromatic heterocycles. The Morgan fingerprint density at radius 1 is 1.33 bits per heavy atom. The van der Waals surface area contributed by atoms with E-state index in [-0.39, 0.29) is 11.7 Å². The Balaban J connectivity index is 1.81. The molecule has 0 aromatic carbocycles. The van der Waals surface area contributed by atoms with E-state index in [1.807, 2.05) is 42.6 Å². The van der Waals surface area contributed by atoms with Gasteiger partial charge in [0.05, 0.1) is 18.4 Å². The number of rotatable bonds is 4. The number of halogens is 1. The number of aromatic nitrogens is 5. The van der Waals surface area contributed by atoms with Gasteiger partial charge in [0, 0.05) is 23.5 Å². The van der Waals surface area contributed by atoms with Gasteiger partial charge in [-0.25, -0.2) is 14.8 Å². The molecular weight excluding hydrogens is 368 g/mol. The smallest absolute Gasteiger partial charge is 0.413 e. The average Bonchev–Trinajstić information content (AvgIpc) is 3.23. The molecule has 0 aliphatic carbocycles. The van der Waals surface area contributed by atoms with Crippen molar-refractivity contribution in [1.29, 1.82) is 0 Å². The normalized spacial score (nSPS) is 11.4. The van der Waals surface area contributed by atoms with Crippen LogP contribution in [0.2, 0.25) is 5.15 Å². The third-order valence-electron chi connectivity index (χ3n) is 4.45. The zero-order chi connectivity index (χ0) is 19.1. The van der Waals surface area contributed by atoms with Crippen LogP contribution in [0.1, 0.15) is 23.9 Å². The lowest BCUT2D eigenvalue weighted by Gasteiger charge is -2.19. The fraction of sp³-hybridized carbons (Fsp3) is 0.222. The molecule has 9 heteroatoms. The summed E-state index contributed by atoms with van der Waals surface area (Å²) in [5.41, 5.74) is 3.85. The summed E-state index contributed by atoms with van der Waals surface area (Å²) in [6.45, 7) is 4.01. The second-order valence-corrected chi connectivity index (χ2v) is 6.58. The van der Waals surface area contributed by atoms with Gasteiger partial charge < -0.3 is 9.51 Å². The van der Waals surface area contributed by atoms with Crippen molar-refractivity contribution >= 4 is 34.8 Å². The third-order valence-corrected chi connectivity index (χ3v) is 4.64. The van der Waals surface area contributed by atoms with E-state index in [0.717, 1.165) is 23.3 Å². The number of hydrogen-bond donors (Lipinski definition) is 1. The lowest BCUT2D eigenvalue weighted by molar-refractivity contribution is 0.201. The first-order chi connectivity index (χ1) is 13.0. The first kappa shape index (κ1) is 17.3. The molecule has 0 bridgehead atoms. The van der Waals surface area contributed by atoms with Crippen LogP contribution in [0.4, 0.5) is 10.6 Å². The Morgan fingerprint density at radius 2 is 2.15 bits per heavy atom. The highest BCUT2D eigenvalue weighted by Gasteiger charge is 2.22. The predicted octanol–water partition coefficient (Wildman–Crippen LogP) is 3.59. The van der Waals surface area contributed by atoms with E-state index in [1.54, 1.807) is 6.20 Å². The predicted molar refractivity (Wildman–Crippen MR) is 102 cm³/mol. The summed E-state index contributed by atoms with van der Waals surface area (Å²) in [6, 6.07) is 7.26. The van der Waals surface area contributed by atoms with Crippen molar-refractivity contribution in [3.63, 3.8) is 0 Å². The van der Waals surface area contributed by atoms with Crippen molar-refractivity contribution in [3.05, 3.63) is 58.8 Å². The minimum absolute atomic E-state index is 0.0627. The largest absolute Gasteiger partial charge is 0.465 e. The Kier molecular flexibility index (Phi) is 4.19. The molecule has 0 saturated carbocycles. The maximum Gasteiger partial charge on any atom is 0.413 e. The van der Waals surface area contributed by atoms with Crippen LogP contribution >= 0.6 is 11.6 Å². The van der Waals surface area contributed by atoms with Gasteiger partial charge >= 0.3 is 6.09 Å². The van der Waals surface area contributed by atoms with E-state index in [1.165, 1.54) is 15.5 Å². The summed E-state index contributed by atoms with van der Waals surface area (Å²) in [5, 5.41) is 14.3. The Morgan fingerprint density at radius 3 is 2.85 bits per heavy atom. The van der Waals surface area contributed by atoms with Crippen LogP contribution in [0, 0.1) is 6.92 Å². The molecule has 8 nitrogen and oxygen atoms in total. The molecule has 4 heterocycles. The molecule has 138 valence electrons. The molecule has 1 amide bonds. The fourth-order valence-electron chi connectivity index (χ4n) is 3.09. The number of anilines is 1. The van der Waals surface area contributed by atoms with Crippen molar-refractivity contribution in [2.75, 3.05) is 4.90 Å². The molecule has 0 aliphatic heterocycles. The number of amides is 1. The van der Waals surface area contributed by atoms with Gasteiger partial charge in [0.2, 0.25) is 0 Å². The summed E-state index contributed by atoms with van der Waals surface area (Å²) in [7, 11) is 0. The highest BCUT2D eigenvalue weighted by molar-refractivity contribution is 6.29. The number of fused-ring (bicyclic) bond motifs is 2. The Hall–Kier alpha value is -3.13. The van der Waals surface area contributed by atoms with Gasteiger partial charge in [-0.05, 0) is 25.5 Å². The van der Waals surface area contributed by atoms with Gasteiger partial charge in [-0.15, -0.1) is 0 Å². The quantitative estimate of drug-likeness (QED) is 0.543.